The first-order valence-electron chi connectivity index (χ1n) is 11.6. The van der Waals surface area contributed by atoms with E-state index in [1.165, 1.54) is 94.8 Å². The maximum absolute atomic E-state index is 11.7. The van der Waals surface area contributed by atoms with Gasteiger partial charge in [-0.25, -0.2) is 0 Å². The summed E-state index contributed by atoms with van der Waals surface area (Å²) in [5.74, 6) is 0.0874. The third-order valence-electron chi connectivity index (χ3n) is 5.62. The van der Waals surface area contributed by atoms with Crippen LogP contribution in [0.5, 0.6) is 0 Å². The zero-order valence-electron chi connectivity index (χ0n) is 17.4. The number of likely N-dealkylation sites (tertiary alicyclic amines) is 1. The van der Waals surface area contributed by atoms with Gasteiger partial charge in [0.1, 0.15) is 0 Å². The molecule has 0 unspecified atom stereocenters. The molecule has 0 aliphatic carbocycles. The summed E-state index contributed by atoms with van der Waals surface area (Å²) in [6.45, 7) is 2.93. The fourth-order valence-corrected chi connectivity index (χ4v) is 3.87. The summed E-state index contributed by atoms with van der Waals surface area (Å²) >= 11 is 0. The van der Waals surface area contributed by atoms with Crippen LogP contribution in [0.15, 0.2) is 0 Å². The molecule has 0 atom stereocenters. The topological polar surface area (TPSA) is 37.4 Å². The summed E-state index contributed by atoms with van der Waals surface area (Å²) in [5, 5.41) is 0. The zero-order chi connectivity index (χ0) is 18.9. The lowest BCUT2D eigenvalue weighted by molar-refractivity contribution is -0.148. The maximum Gasteiger partial charge on any atom is 0.229 e. The molecule has 1 aliphatic heterocycles. The van der Waals surface area contributed by atoms with Crippen molar-refractivity contribution in [2.75, 3.05) is 6.54 Å². The summed E-state index contributed by atoms with van der Waals surface area (Å²) in [6, 6.07) is 0. The van der Waals surface area contributed by atoms with Crippen LogP contribution in [0.25, 0.3) is 0 Å². The van der Waals surface area contributed by atoms with E-state index in [-0.39, 0.29) is 11.8 Å². The molecule has 0 N–H and O–H groups in total. The van der Waals surface area contributed by atoms with E-state index in [2.05, 4.69) is 6.92 Å². The fraction of sp³-hybridized carbons (Fsp3) is 0.913. The molecule has 1 heterocycles. The summed E-state index contributed by atoms with van der Waals surface area (Å²) in [6.07, 6.45) is 23.4. The molecule has 0 saturated carbocycles. The Balaban J connectivity index is 1.77. The van der Waals surface area contributed by atoms with Crippen molar-refractivity contribution in [2.24, 2.45) is 0 Å². The molecule has 1 aliphatic rings. The average molecular weight is 366 g/mol. The Morgan fingerprint density at radius 2 is 0.923 bits per heavy atom. The van der Waals surface area contributed by atoms with Gasteiger partial charge in [0.25, 0.3) is 0 Å². The Kier molecular flexibility index (Phi) is 14.6. The van der Waals surface area contributed by atoms with Crippen molar-refractivity contribution in [1.29, 1.82) is 0 Å². The molecule has 1 saturated heterocycles. The van der Waals surface area contributed by atoms with Gasteiger partial charge in [-0.1, -0.05) is 103 Å². The standard InChI is InChI=1S/C23H43NO2/c1-2-3-4-5-6-7-8-9-10-11-12-13-14-15-16-17-21-24-22(25)19-18-20-23(24)26/h2-21H2,1H3. The molecule has 2 amide bonds. The molecule has 1 fully saturated rings. The van der Waals surface area contributed by atoms with Gasteiger partial charge in [-0.2, -0.15) is 0 Å². The quantitative estimate of drug-likeness (QED) is 0.210. The predicted molar refractivity (Wildman–Crippen MR) is 110 cm³/mol. The molecule has 0 radical (unpaired) electrons. The molecule has 152 valence electrons. The van der Waals surface area contributed by atoms with Gasteiger partial charge in [-0.05, 0) is 12.8 Å². The third-order valence-corrected chi connectivity index (χ3v) is 5.62. The molecule has 3 heteroatoms. The normalized spacial score (nSPS) is 15.0. The van der Waals surface area contributed by atoms with E-state index in [1.807, 2.05) is 0 Å². The summed E-state index contributed by atoms with van der Waals surface area (Å²) in [5.41, 5.74) is 0. The van der Waals surface area contributed by atoms with Crippen molar-refractivity contribution in [2.45, 2.75) is 129 Å². The maximum atomic E-state index is 11.7. The van der Waals surface area contributed by atoms with Gasteiger partial charge in [-0.15, -0.1) is 0 Å². The van der Waals surface area contributed by atoms with E-state index in [1.54, 1.807) is 0 Å². The number of unbranched alkanes of at least 4 members (excludes halogenated alkanes) is 15. The molecule has 26 heavy (non-hydrogen) atoms. The fourth-order valence-electron chi connectivity index (χ4n) is 3.87. The highest BCUT2D eigenvalue weighted by atomic mass is 16.2. The smallest absolute Gasteiger partial charge is 0.229 e. The second-order valence-corrected chi connectivity index (χ2v) is 8.10. The van der Waals surface area contributed by atoms with E-state index in [4.69, 9.17) is 0 Å². The Labute approximate surface area is 162 Å². The second-order valence-electron chi connectivity index (χ2n) is 8.10. The monoisotopic (exact) mass is 365 g/mol. The second kappa shape index (κ2) is 16.3. The first kappa shape index (κ1) is 23.2. The van der Waals surface area contributed by atoms with Crippen LogP contribution in [-0.2, 0) is 9.59 Å². The van der Waals surface area contributed by atoms with Crippen LogP contribution >= 0.6 is 0 Å². The van der Waals surface area contributed by atoms with Crippen molar-refractivity contribution < 1.29 is 9.59 Å². The van der Waals surface area contributed by atoms with Gasteiger partial charge in [0.15, 0.2) is 0 Å². The number of hydrogen-bond acceptors (Lipinski definition) is 2. The number of carbonyl (C=O) groups excluding carboxylic acids is 2. The molecule has 0 aromatic rings. The molecule has 0 aromatic carbocycles. The number of piperidine rings is 1. The third kappa shape index (κ3) is 11.7. The van der Waals surface area contributed by atoms with Crippen LogP contribution in [0.4, 0.5) is 0 Å². The van der Waals surface area contributed by atoms with Crippen molar-refractivity contribution in [3.63, 3.8) is 0 Å². The first-order valence-corrected chi connectivity index (χ1v) is 11.6. The molecule has 0 aromatic heterocycles. The highest BCUT2D eigenvalue weighted by Crippen LogP contribution is 2.15. The van der Waals surface area contributed by atoms with E-state index >= 15 is 0 Å². The van der Waals surface area contributed by atoms with Gasteiger partial charge in [0, 0.05) is 19.4 Å². The van der Waals surface area contributed by atoms with Crippen molar-refractivity contribution in [1.82, 2.24) is 4.90 Å². The molecular weight excluding hydrogens is 322 g/mol. The van der Waals surface area contributed by atoms with Crippen LogP contribution in [0.1, 0.15) is 129 Å². The van der Waals surface area contributed by atoms with E-state index in [0.717, 1.165) is 19.3 Å². The number of rotatable bonds is 17. The van der Waals surface area contributed by atoms with Crippen LogP contribution in [-0.4, -0.2) is 23.3 Å². The van der Waals surface area contributed by atoms with Crippen LogP contribution in [0.3, 0.4) is 0 Å². The lowest BCUT2D eigenvalue weighted by Crippen LogP contribution is -2.40. The van der Waals surface area contributed by atoms with Crippen molar-refractivity contribution >= 4 is 11.8 Å². The minimum absolute atomic E-state index is 0.0437. The van der Waals surface area contributed by atoms with E-state index in [9.17, 15) is 9.59 Å². The molecule has 1 rings (SSSR count). The minimum Gasteiger partial charge on any atom is -0.283 e. The first-order chi connectivity index (χ1) is 12.8. The van der Waals surface area contributed by atoms with E-state index < -0.39 is 0 Å². The summed E-state index contributed by atoms with van der Waals surface area (Å²) in [7, 11) is 0. The minimum atomic E-state index is 0.0437. The Bertz CT molecular complexity index is 351. The van der Waals surface area contributed by atoms with Crippen molar-refractivity contribution in [3.8, 4) is 0 Å². The molecule has 3 nitrogen and oxygen atoms in total. The number of carbonyl (C=O) groups is 2. The zero-order valence-corrected chi connectivity index (χ0v) is 17.4. The van der Waals surface area contributed by atoms with Crippen LogP contribution in [0.2, 0.25) is 0 Å². The molecular formula is C23H43NO2. The summed E-state index contributed by atoms with van der Waals surface area (Å²) in [4.78, 5) is 24.9. The number of hydrogen-bond donors (Lipinski definition) is 0. The number of amides is 2. The number of imide groups is 1. The predicted octanol–water partition coefficient (Wildman–Crippen LogP) is 6.79. The molecule has 0 spiro atoms. The van der Waals surface area contributed by atoms with Crippen LogP contribution < -0.4 is 0 Å². The van der Waals surface area contributed by atoms with Gasteiger partial charge in [-0.3, -0.25) is 14.5 Å². The van der Waals surface area contributed by atoms with Crippen LogP contribution in [0, 0.1) is 0 Å². The Morgan fingerprint density at radius 3 is 1.31 bits per heavy atom. The van der Waals surface area contributed by atoms with Gasteiger partial charge in [0.2, 0.25) is 11.8 Å². The lowest BCUT2D eigenvalue weighted by Gasteiger charge is -2.24. The van der Waals surface area contributed by atoms with Crippen molar-refractivity contribution in [3.05, 3.63) is 0 Å². The molecule has 0 bridgehead atoms. The summed E-state index contributed by atoms with van der Waals surface area (Å²) < 4.78 is 0. The van der Waals surface area contributed by atoms with Gasteiger partial charge >= 0.3 is 0 Å². The Morgan fingerprint density at radius 1 is 0.577 bits per heavy atom. The SMILES string of the molecule is CCCCCCCCCCCCCCCCCCN1C(=O)CCCC1=O. The highest BCUT2D eigenvalue weighted by molar-refractivity contribution is 5.97. The lowest BCUT2D eigenvalue weighted by atomic mass is 10.0. The Hall–Kier alpha value is -0.860. The van der Waals surface area contributed by atoms with Gasteiger partial charge < -0.3 is 0 Å². The number of nitrogens with zero attached hydrogens (tertiary/aromatic N) is 1. The average Bonchev–Trinajstić information content (AvgIpc) is 2.63. The van der Waals surface area contributed by atoms with Gasteiger partial charge in [0.05, 0.1) is 0 Å². The largest absolute Gasteiger partial charge is 0.283 e. The van der Waals surface area contributed by atoms with E-state index in [0.29, 0.717) is 19.4 Å². The highest BCUT2D eigenvalue weighted by Gasteiger charge is 2.24.